The van der Waals surface area contributed by atoms with Crippen molar-refractivity contribution in [1.29, 1.82) is 5.26 Å². The van der Waals surface area contributed by atoms with Crippen LogP contribution in [0.1, 0.15) is 80.9 Å². The van der Waals surface area contributed by atoms with Gasteiger partial charge in [0.1, 0.15) is 35.1 Å². The zero-order valence-corrected chi connectivity index (χ0v) is 24.9. The molecule has 1 aliphatic carbocycles. The smallest absolute Gasteiger partial charge is 0.429 e. The second-order valence-electron chi connectivity index (χ2n) is 11.7. The van der Waals surface area contributed by atoms with Gasteiger partial charge in [-0.15, -0.1) is 0 Å². The van der Waals surface area contributed by atoms with E-state index in [2.05, 4.69) is 11.7 Å². The summed E-state index contributed by atoms with van der Waals surface area (Å²) < 4.78 is 93.3. The van der Waals surface area contributed by atoms with Crippen LogP contribution in [0.5, 0.6) is 5.75 Å². The van der Waals surface area contributed by atoms with Crippen molar-refractivity contribution in [2.45, 2.75) is 70.3 Å². The Morgan fingerprint density at radius 1 is 0.733 bits per heavy atom. The molecule has 0 N–H and O–H groups in total. The summed E-state index contributed by atoms with van der Waals surface area (Å²) in [5, 5.41) is 8.79. The molecule has 0 bridgehead atoms. The lowest BCUT2D eigenvalue weighted by atomic mass is 9.77. The highest BCUT2D eigenvalue weighted by Crippen LogP contribution is 2.40. The number of unbranched alkanes of at least 4 members (excludes halogenated alkanes) is 2. The van der Waals surface area contributed by atoms with Crippen LogP contribution < -0.4 is 4.74 Å². The van der Waals surface area contributed by atoms with Crippen LogP contribution in [0.2, 0.25) is 0 Å². The van der Waals surface area contributed by atoms with E-state index in [1.165, 1.54) is 43.9 Å². The summed E-state index contributed by atoms with van der Waals surface area (Å²) in [7, 11) is 0. The molecule has 45 heavy (non-hydrogen) atoms. The highest BCUT2D eigenvalue weighted by Gasteiger charge is 2.38. The lowest BCUT2D eigenvalue weighted by molar-refractivity contribution is -0.187. The Morgan fingerprint density at radius 3 is 1.98 bits per heavy atom. The first-order chi connectivity index (χ1) is 21.6. The molecule has 8 heteroatoms. The molecule has 1 fully saturated rings. The molecule has 0 aromatic heterocycles. The quantitative estimate of drug-likeness (QED) is 0.130. The van der Waals surface area contributed by atoms with E-state index >= 15 is 8.78 Å². The number of hydrogen-bond donors (Lipinski definition) is 0. The molecule has 4 aromatic rings. The van der Waals surface area contributed by atoms with E-state index in [1.54, 1.807) is 12.1 Å². The fraction of sp³-hybridized carbons (Fsp3) is 0.324. The van der Waals surface area contributed by atoms with Crippen molar-refractivity contribution in [1.82, 2.24) is 0 Å². The Hall–Kier alpha value is -4.25. The number of hydrogen-bond acceptors (Lipinski definition) is 2. The maximum absolute atomic E-state index is 15.3. The molecule has 234 valence electrons. The summed E-state index contributed by atoms with van der Waals surface area (Å²) in [5.41, 5.74) is -0.0979. The van der Waals surface area contributed by atoms with Crippen LogP contribution in [0.15, 0.2) is 72.8 Å². The molecule has 0 unspecified atom stereocenters. The van der Waals surface area contributed by atoms with Gasteiger partial charge in [0.15, 0.2) is 0 Å². The van der Waals surface area contributed by atoms with Gasteiger partial charge in [-0.2, -0.15) is 14.0 Å². The van der Waals surface area contributed by atoms with Crippen molar-refractivity contribution in [3.63, 3.8) is 0 Å². The van der Waals surface area contributed by atoms with Crippen LogP contribution in [-0.2, 0) is 6.11 Å². The summed E-state index contributed by atoms with van der Waals surface area (Å²) in [6.45, 7) is 2.20. The molecule has 1 aliphatic rings. The number of benzene rings is 4. The monoisotopic (exact) mass is 621 g/mol. The number of alkyl halides is 2. The van der Waals surface area contributed by atoms with Crippen LogP contribution in [0.4, 0.5) is 26.3 Å². The molecule has 0 saturated heterocycles. The molecule has 4 aromatic carbocycles. The van der Waals surface area contributed by atoms with Crippen LogP contribution >= 0.6 is 0 Å². The Morgan fingerprint density at radius 2 is 1.38 bits per heavy atom. The van der Waals surface area contributed by atoms with E-state index < -0.39 is 40.7 Å². The zero-order valence-electron chi connectivity index (χ0n) is 24.9. The van der Waals surface area contributed by atoms with Crippen molar-refractivity contribution in [3.8, 4) is 34.1 Å². The molecule has 0 radical (unpaired) electrons. The number of nitrogens with zero attached hydrogens (tertiary/aromatic N) is 1. The lowest BCUT2D eigenvalue weighted by Crippen LogP contribution is -2.23. The van der Waals surface area contributed by atoms with E-state index in [0.717, 1.165) is 73.6 Å². The van der Waals surface area contributed by atoms with Crippen LogP contribution in [0.3, 0.4) is 0 Å². The Kier molecular flexibility index (Phi) is 9.86. The van der Waals surface area contributed by atoms with Gasteiger partial charge in [-0.05, 0) is 90.6 Å². The number of nitriles is 1. The van der Waals surface area contributed by atoms with Crippen molar-refractivity contribution in [3.05, 3.63) is 113 Å². The average molecular weight is 622 g/mol. The molecular formula is C37H33F6NO. The van der Waals surface area contributed by atoms with Crippen molar-refractivity contribution >= 4 is 0 Å². The standard InChI is InChI=1S/C37H33F6NO/c1-2-3-4-5-23-6-8-24(9-7-23)25-11-15-30(34(39)18-25)26-12-16-31(35(40)19-26)27-13-17-32(36(41)20-27)37(42,43)45-29-14-10-28(22-44)33(38)21-29/h10-21,23-24H,2-9H2,1H3. The summed E-state index contributed by atoms with van der Waals surface area (Å²) >= 11 is 0. The minimum absolute atomic E-state index is 0.0124. The van der Waals surface area contributed by atoms with Crippen molar-refractivity contribution in [2.75, 3.05) is 0 Å². The van der Waals surface area contributed by atoms with Gasteiger partial charge < -0.3 is 4.74 Å². The second-order valence-corrected chi connectivity index (χ2v) is 11.7. The first-order valence-corrected chi connectivity index (χ1v) is 15.3. The van der Waals surface area contributed by atoms with Gasteiger partial charge in [0, 0.05) is 17.2 Å². The second kappa shape index (κ2) is 13.8. The molecular weight excluding hydrogens is 588 g/mol. The average Bonchev–Trinajstić information content (AvgIpc) is 3.01. The summed E-state index contributed by atoms with van der Waals surface area (Å²) in [5.74, 6) is -3.22. The van der Waals surface area contributed by atoms with Crippen molar-refractivity contribution in [2.24, 2.45) is 5.92 Å². The lowest BCUT2D eigenvalue weighted by Gasteiger charge is -2.29. The summed E-state index contributed by atoms with van der Waals surface area (Å²) in [6, 6.07) is 15.8. The summed E-state index contributed by atoms with van der Waals surface area (Å²) in [4.78, 5) is 0. The molecule has 5 rings (SSSR count). The van der Waals surface area contributed by atoms with Gasteiger partial charge in [-0.1, -0.05) is 62.9 Å². The Balaban J connectivity index is 1.29. The zero-order chi connectivity index (χ0) is 32.1. The maximum Gasteiger partial charge on any atom is 0.429 e. The third-order valence-electron chi connectivity index (χ3n) is 8.71. The third kappa shape index (κ3) is 7.36. The molecule has 0 aliphatic heterocycles. The molecule has 0 heterocycles. The van der Waals surface area contributed by atoms with E-state index in [-0.39, 0.29) is 22.3 Å². The highest BCUT2D eigenvalue weighted by molar-refractivity contribution is 5.72. The first kappa shape index (κ1) is 32.2. The number of halogens is 6. The molecule has 0 atom stereocenters. The van der Waals surface area contributed by atoms with E-state index in [4.69, 9.17) is 5.26 Å². The molecule has 0 amide bonds. The molecule has 0 spiro atoms. The predicted molar refractivity (Wildman–Crippen MR) is 162 cm³/mol. The fourth-order valence-electron chi connectivity index (χ4n) is 6.18. The van der Waals surface area contributed by atoms with Crippen LogP contribution in [0.25, 0.3) is 22.3 Å². The van der Waals surface area contributed by atoms with Crippen molar-refractivity contribution < 1.29 is 31.1 Å². The topological polar surface area (TPSA) is 33.0 Å². The third-order valence-corrected chi connectivity index (χ3v) is 8.71. The highest BCUT2D eigenvalue weighted by atomic mass is 19.3. The number of rotatable bonds is 10. The van der Waals surface area contributed by atoms with E-state index in [0.29, 0.717) is 17.5 Å². The first-order valence-electron chi connectivity index (χ1n) is 15.3. The van der Waals surface area contributed by atoms with Crippen LogP contribution in [-0.4, -0.2) is 0 Å². The summed E-state index contributed by atoms with van der Waals surface area (Å²) in [6.07, 6.45) is 5.16. The minimum Gasteiger partial charge on any atom is -0.429 e. The Labute approximate surface area is 259 Å². The molecule has 2 nitrogen and oxygen atoms in total. The predicted octanol–water partition coefficient (Wildman–Crippen LogP) is 11.4. The van der Waals surface area contributed by atoms with E-state index in [9.17, 15) is 17.6 Å². The largest absolute Gasteiger partial charge is 0.429 e. The van der Waals surface area contributed by atoms with Gasteiger partial charge in [0.25, 0.3) is 0 Å². The van der Waals surface area contributed by atoms with Gasteiger partial charge >= 0.3 is 6.11 Å². The van der Waals surface area contributed by atoms with E-state index in [1.807, 2.05) is 6.07 Å². The SMILES string of the molecule is CCCCCC1CCC(c2ccc(-c3ccc(-c4ccc(C(F)(F)Oc5ccc(C#N)c(F)c5)c(F)c4)c(F)c3)c(F)c2)CC1. The van der Waals surface area contributed by atoms with Gasteiger partial charge in [-0.3, -0.25) is 0 Å². The van der Waals surface area contributed by atoms with Gasteiger partial charge in [-0.25, -0.2) is 17.6 Å². The van der Waals surface area contributed by atoms with Crippen LogP contribution in [0, 0.1) is 40.5 Å². The minimum atomic E-state index is -4.19. The maximum atomic E-state index is 15.3. The normalized spacial score (nSPS) is 16.8. The fourth-order valence-corrected chi connectivity index (χ4v) is 6.18. The van der Waals surface area contributed by atoms with Gasteiger partial charge in [0.2, 0.25) is 0 Å². The Bertz CT molecular complexity index is 1700. The number of ether oxygens (including phenoxy) is 1. The van der Waals surface area contributed by atoms with Gasteiger partial charge in [0.05, 0.1) is 11.1 Å². The molecule has 1 saturated carbocycles.